The zero-order chi connectivity index (χ0) is 13.2. The highest BCUT2D eigenvalue weighted by molar-refractivity contribution is 14.1. The minimum atomic E-state index is -3.31. The third-order valence-electron chi connectivity index (χ3n) is 2.88. The van der Waals surface area contributed by atoms with E-state index in [0.29, 0.717) is 4.90 Å². The van der Waals surface area contributed by atoms with E-state index in [9.17, 15) is 8.42 Å². The van der Waals surface area contributed by atoms with Gasteiger partial charge in [-0.3, -0.25) is 0 Å². The minimum absolute atomic E-state index is 0.374. The van der Waals surface area contributed by atoms with Crippen LogP contribution in [0.4, 0.5) is 0 Å². The molecule has 0 aliphatic carbocycles. The van der Waals surface area contributed by atoms with Crippen LogP contribution >= 0.6 is 22.6 Å². The summed E-state index contributed by atoms with van der Waals surface area (Å²) in [6.45, 7) is 1.72. The molecule has 0 saturated heterocycles. The molecular formula is C14H13IO2S. The fourth-order valence-electron chi connectivity index (χ4n) is 1.73. The zero-order valence-corrected chi connectivity index (χ0v) is 12.9. The molecule has 0 fully saturated rings. The maximum absolute atomic E-state index is 12.4. The topological polar surface area (TPSA) is 34.1 Å². The predicted molar refractivity (Wildman–Crippen MR) is 81.2 cm³/mol. The molecule has 0 aliphatic rings. The molecular weight excluding hydrogens is 359 g/mol. The van der Waals surface area contributed by atoms with Gasteiger partial charge in [0.05, 0.1) is 10.1 Å². The Bertz CT molecular complexity index is 619. The number of halogens is 1. The van der Waals surface area contributed by atoms with Crippen LogP contribution in [-0.2, 0) is 9.84 Å². The number of hydrogen-bond donors (Lipinski definition) is 0. The molecule has 94 valence electrons. The Labute approximate surface area is 121 Å². The van der Waals surface area contributed by atoms with Crippen LogP contribution in [0.2, 0.25) is 0 Å². The summed E-state index contributed by atoms with van der Waals surface area (Å²) in [6.07, 6.45) is 0. The molecule has 0 heterocycles. The van der Waals surface area contributed by atoms with Gasteiger partial charge in [0.15, 0.2) is 9.84 Å². The average molecular weight is 372 g/mol. The van der Waals surface area contributed by atoms with Crippen LogP contribution in [-0.4, -0.2) is 8.42 Å². The van der Waals surface area contributed by atoms with Crippen molar-refractivity contribution in [1.29, 1.82) is 0 Å². The molecule has 0 radical (unpaired) electrons. The van der Waals surface area contributed by atoms with Crippen molar-refractivity contribution >= 4 is 32.4 Å². The van der Waals surface area contributed by atoms with Crippen LogP contribution in [0.25, 0.3) is 0 Å². The average Bonchev–Trinajstić information content (AvgIpc) is 2.39. The first-order chi connectivity index (χ1) is 8.51. The van der Waals surface area contributed by atoms with Gasteiger partial charge in [-0.25, -0.2) is 8.42 Å². The highest BCUT2D eigenvalue weighted by Gasteiger charge is 2.24. The van der Waals surface area contributed by atoms with Crippen molar-refractivity contribution in [3.05, 3.63) is 63.7 Å². The van der Waals surface area contributed by atoms with E-state index in [1.54, 1.807) is 19.1 Å². The Morgan fingerprint density at radius 3 is 2.06 bits per heavy atom. The molecule has 0 spiro atoms. The summed E-state index contributed by atoms with van der Waals surface area (Å²) in [6, 6.07) is 16.2. The van der Waals surface area contributed by atoms with Crippen LogP contribution < -0.4 is 0 Å². The van der Waals surface area contributed by atoms with E-state index in [1.807, 2.05) is 42.5 Å². The van der Waals surface area contributed by atoms with Gasteiger partial charge < -0.3 is 0 Å². The lowest BCUT2D eigenvalue weighted by Crippen LogP contribution is -2.10. The van der Waals surface area contributed by atoms with E-state index in [-0.39, 0.29) is 0 Å². The molecule has 2 nitrogen and oxygen atoms in total. The van der Waals surface area contributed by atoms with Gasteiger partial charge in [0.2, 0.25) is 0 Å². The molecule has 0 saturated carbocycles. The maximum Gasteiger partial charge on any atom is 0.185 e. The van der Waals surface area contributed by atoms with Crippen LogP contribution in [0, 0.1) is 3.57 Å². The molecule has 0 N–H and O–H groups in total. The van der Waals surface area contributed by atoms with Crippen molar-refractivity contribution in [3.63, 3.8) is 0 Å². The standard InChI is InChI=1S/C14H13IO2S/c1-11(12-5-3-2-4-6-12)18(16,17)14-9-7-13(15)8-10-14/h2-11H,1H3. The summed E-state index contributed by atoms with van der Waals surface area (Å²) in [4.78, 5) is 0.374. The van der Waals surface area contributed by atoms with E-state index in [4.69, 9.17) is 0 Å². The Morgan fingerprint density at radius 1 is 0.944 bits per heavy atom. The van der Waals surface area contributed by atoms with Crippen LogP contribution in [0.3, 0.4) is 0 Å². The van der Waals surface area contributed by atoms with Gasteiger partial charge in [-0.15, -0.1) is 0 Å². The molecule has 4 heteroatoms. The summed E-state index contributed by atoms with van der Waals surface area (Å²) < 4.78 is 25.9. The van der Waals surface area contributed by atoms with E-state index >= 15 is 0 Å². The van der Waals surface area contributed by atoms with Crippen molar-refractivity contribution in [2.75, 3.05) is 0 Å². The monoisotopic (exact) mass is 372 g/mol. The van der Waals surface area contributed by atoms with Crippen molar-refractivity contribution in [2.24, 2.45) is 0 Å². The van der Waals surface area contributed by atoms with E-state index < -0.39 is 15.1 Å². The van der Waals surface area contributed by atoms with Gasteiger partial charge in [-0.05, 0) is 59.3 Å². The molecule has 0 amide bonds. The maximum atomic E-state index is 12.4. The SMILES string of the molecule is CC(c1ccccc1)S(=O)(=O)c1ccc(I)cc1. The van der Waals surface area contributed by atoms with Crippen LogP contribution in [0.15, 0.2) is 59.5 Å². The van der Waals surface area contributed by atoms with Gasteiger partial charge in [0.25, 0.3) is 0 Å². The van der Waals surface area contributed by atoms with E-state index in [2.05, 4.69) is 22.6 Å². The van der Waals surface area contributed by atoms with Crippen molar-refractivity contribution in [2.45, 2.75) is 17.1 Å². The number of sulfone groups is 1. The molecule has 18 heavy (non-hydrogen) atoms. The molecule has 1 unspecified atom stereocenters. The molecule has 1 atom stereocenters. The molecule has 2 aromatic carbocycles. The lowest BCUT2D eigenvalue weighted by Gasteiger charge is -2.13. The second-order valence-electron chi connectivity index (χ2n) is 4.05. The van der Waals surface area contributed by atoms with Crippen molar-refractivity contribution in [1.82, 2.24) is 0 Å². The second-order valence-corrected chi connectivity index (χ2v) is 7.57. The molecule has 2 aromatic rings. The quantitative estimate of drug-likeness (QED) is 0.768. The van der Waals surface area contributed by atoms with Crippen molar-refractivity contribution in [3.8, 4) is 0 Å². The number of benzene rings is 2. The largest absolute Gasteiger partial charge is 0.223 e. The third-order valence-corrected chi connectivity index (χ3v) is 5.73. The lowest BCUT2D eigenvalue weighted by atomic mass is 10.2. The first kappa shape index (κ1) is 13.5. The lowest BCUT2D eigenvalue weighted by molar-refractivity contribution is 0.586. The van der Waals surface area contributed by atoms with Gasteiger partial charge in [0, 0.05) is 3.57 Å². The first-order valence-corrected chi connectivity index (χ1v) is 8.19. The summed E-state index contributed by atoms with van der Waals surface area (Å²) in [7, 11) is -3.31. The fraction of sp³-hybridized carbons (Fsp3) is 0.143. The third kappa shape index (κ3) is 2.75. The van der Waals surface area contributed by atoms with Gasteiger partial charge in [0.1, 0.15) is 0 Å². The smallest absolute Gasteiger partial charge is 0.185 e. The highest BCUT2D eigenvalue weighted by atomic mass is 127. The van der Waals surface area contributed by atoms with Crippen LogP contribution in [0.1, 0.15) is 17.7 Å². The Kier molecular flexibility index (Phi) is 4.07. The Balaban J connectivity index is 2.40. The normalized spacial score (nSPS) is 13.2. The van der Waals surface area contributed by atoms with Crippen LogP contribution in [0.5, 0.6) is 0 Å². The molecule has 0 aliphatic heterocycles. The van der Waals surface area contributed by atoms with Gasteiger partial charge >= 0.3 is 0 Å². The fourth-order valence-corrected chi connectivity index (χ4v) is 3.53. The van der Waals surface area contributed by atoms with Gasteiger partial charge in [-0.1, -0.05) is 30.3 Å². The van der Waals surface area contributed by atoms with Gasteiger partial charge in [-0.2, -0.15) is 0 Å². The summed E-state index contributed by atoms with van der Waals surface area (Å²) >= 11 is 2.16. The summed E-state index contributed by atoms with van der Waals surface area (Å²) in [5.74, 6) is 0. The van der Waals surface area contributed by atoms with E-state index in [0.717, 1.165) is 9.13 Å². The van der Waals surface area contributed by atoms with Crippen molar-refractivity contribution < 1.29 is 8.42 Å². The minimum Gasteiger partial charge on any atom is -0.223 e. The summed E-state index contributed by atoms with van der Waals surface area (Å²) in [5.41, 5.74) is 0.816. The second kappa shape index (κ2) is 5.40. The molecule has 0 aromatic heterocycles. The highest BCUT2D eigenvalue weighted by Crippen LogP contribution is 2.28. The summed E-state index contributed by atoms with van der Waals surface area (Å²) in [5, 5.41) is -0.529. The first-order valence-electron chi connectivity index (χ1n) is 5.56. The molecule has 2 rings (SSSR count). The van der Waals surface area contributed by atoms with E-state index in [1.165, 1.54) is 0 Å². The number of rotatable bonds is 3. The Hall–Kier alpha value is -0.880. The zero-order valence-electron chi connectivity index (χ0n) is 9.88. The Morgan fingerprint density at radius 2 is 1.50 bits per heavy atom. The predicted octanol–water partition coefficient (Wildman–Crippen LogP) is 3.83. The number of hydrogen-bond acceptors (Lipinski definition) is 2. The molecule has 0 bridgehead atoms.